The number of piperazine rings is 1. The van der Waals surface area contributed by atoms with E-state index in [2.05, 4.69) is 78.5 Å². The molecular weight excluding hydrogens is 416 g/mol. The van der Waals surface area contributed by atoms with E-state index >= 15 is 0 Å². The summed E-state index contributed by atoms with van der Waals surface area (Å²) in [4.78, 5) is 18.1. The zero-order valence-electron chi connectivity index (χ0n) is 18.7. The second-order valence-electron chi connectivity index (χ2n) is 8.10. The molecule has 1 aliphatic rings. The van der Waals surface area contributed by atoms with Crippen molar-refractivity contribution in [3.63, 3.8) is 0 Å². The molecule has 0 saturated carbocycles. The highest BCUT2D eigenvalue weighted by molar-refractivity contribution is 5.64. The summed E-state index contributed by atoms with van der Waals surface area (Å²) in [6.45, 7) is 5.64. The summed E-state index contributed by atoms with van der Waals surface area (Å²) in [5.74, 6) is 2.25. The van der Waals surface area contributed by atoms with Crippen molar-refractivity contribution in [1.29, 1.82) is 0 Å². The number of aromatic nitrogens is 5. The third-order valence-corrected chi connectivity index (χ3v) is 5.52. The van der Waals surface area contributed by atoms with Crippen molar-refractivity contribution in [3.8, 4) is 23.0 Å². The molecule has 9 heteroatoms. The molecule has 0 spiro atoms. The maximum Gasteiger partial charge on any atom is 0.328 e. The molecule has 33 heavy (non-hydrogen) atoms. The van der Waals surface area contributed by atoms with Gasteiger partial charge in [-0.05, 0) is 31.7 Å². The third-order valence-electron chi connectivity index (χ3n) is 5.52. The molecule has 1 aliphatic heterocycles. The number of ether oxygens (including phenoxy) is 1. The normalized spacial score (nSPS) is 14.3. The quantitative estimate of drug-likeness (QED) is 0.465. The maximum atomic E-state index is 5.93. The van der Waals surface area contributed by atoms with E-state index in [-0.39, 0.29) is 6.01 Å². The fourth-order valence-electron chi connectivity index (χ4n) is 3.57. The Morgan fingerprint density at radius 1 is 0.909 bits per heavy atom. The Morgan fingerprint density at radius 3 is 2.42 bits per heavy atom. The van der Waals surface area contributed by atoms with E-state index in [4.69, 9.17) is 4.74 Å². The average molecular weight is 443 g/mol. The van der Waals surface area contributed by atoms with Gasteiger partial charge < -0.3 is 19.9 Å². The van der Waals surface area contributed by atoms with Gasteiger partial charge in [0.15, 0.2) is 5.82 Å². The zero-order valence-corrected chi connectivity index (χ0v) is 18.7. The predicted molar refractivity (Wildman–Crippen MR) is 128 cm³/mol. The number of hydrogen-bond acceptors (Lipinski definition) is 8. The Labute approximate surface area is 192 Å². The van der Waals surface area contributed by atoms with Crippen molar-refractivity contribution in [2.45, 2.75) is 6.92 Å². The van der Waals surface area contributed by atoms with Crippen LogP contribution in [-0.2, 0) is 0 Å². The predicted octanol–water partition coefficient (Wildman–Crippen LogP) is 3.86. The lowest BCUT2D eigenvalue weighted by atomic mass is 10.1. The Kier molecular flexibility index (Phi) is 5.86. The van der Waals surface area contributed by atoms with Crippen LogP contribution in [0.25, 0.3) is 11.3 Å². The molecule has 168 valence electrons. The van der Waals surface area contributed by atoms with Crippen molar-refractivity contribution in [2.24, 2.45) is 0 Å². The van der Waals surface area contributed by atoms with Gasteiger partial charge >= 0.3 is 6.01 Å². The number of benzene rings is 2. The van der Waals surface area contributed by atoms with Crippen LogP contribution in [0.5, 0.6) is 11.8 Å². The number of likely N-dealkylation sites (N-methyl/N-ethyl adjacent to an activating group) is 1. The number of nitrogens with zero attached hydrogens (tertiary/aromatic N) is 6. The first-order valence-electron chi connectivity index (χ1n) is 10.9. The van der Waals surface area contributed by atoms with Crippen LogP contribution in [0.1, 0.15) is 5.56 Å². The molecule has 3 heterocycles. The zero-order chi connectivity index (χ0) is 22.6. The van der Waals surface area contributed by atoms with Crippen molar-refractivity contribution < 1.29 is 4.74 Å². The molecule has 1 fully saturated rings. The van der Waals surface area contributed by atoms with Crippen molar-refractivity contribution in [3.05, 3.63) is 66.2 Å². The van der Waals surface area contributed by atoms with E-state index in [1.165, 1.54) is 5.56 Å². The highest BCUT2D eigenvalue weighted by atomic mass is 16.5. The molecular formula is C24H26N8O. The minimum absolute atomic E-state index is 0.238. The lowest BCUT2D eigenvalue weighted by Gasteiger charge is -2.32. The molecule has 1 saturated heterocycles. The molecule has 0 unspecified atom stereocenters. The molecule has 0 radical (unpaired) electrons. The van der Waals surface area contributed by atoms with Gasteiger partial charge in [-0.2, -0.15) is 20.1 Å². The Balaban J connectivity index is 1.41. The molecule has 0 amide bonds. The van der Waals surface area contributed by atoms with Crippen LogP contribution in [0, 0.1) is 6.92 Å². The van der Waals surface area contributed by atoms with Crippen molar-refractivity contribution in [1.82, 2.24) is 30.0 Å². The van der Waals surface area contributed by atoms with Crippen molar-refractivity contribution >= 4 is 17.7 Å². The topological polar surface area (TPSA) is 95.1 Å². The lowest BCUT2D eigenvalue weighted by molar-refractivity contribution is 0.310. The summed E-state index contributed by atoms with van der Waals surface area (Å²) in [6, 6.07) is 19.9. The van der Waals surface area contributed by atoms with Crippen LogP contribution in [0.15, 0.2) is 60.7 Å². The highest BCUT2D eigenvalue weighted by Crippen LogP contribution is 2.25. The van der Waals surface area contributed by atoms with E-state index in [9.17, 15) is 0 Å². The fraction of sp³-hybridized carbons (Fsp3) is 0.250. The summed E-state index contributed by atoms with van der Waals surface area (Å²) in [5.41, 5.74) is 3.18. The standard InChI is InChI=1S/C24H26N8O/c1-17-8-10-18(11-9-17)20-16-21(30-29-20)25-22-26-23(32-14-12-31(2)13-15-32)28-24(27-22)33-19-6-4-3-5-7-19/h3-11,16H,12-15H2,1-2H3,(H2,25,26,27,28,29,30). The van der Waals surface area contributed by atoms with Gasteiger partial charge in [0.05, 0.1) is 5.69 Å². The number of aryl methyl sites for hydroxylation is 1. The molecule has 0 bridgehead atoms. The van der Waals surface area contributed by atoms with E-state index in [1.807, 2.05) is 36.4 Å². The van der Waals surface area contributed by atoms with Gasteiger partial charge in [0, 0.05) is 32.2 Å². The second-order valence-corrected chi connectivity index (χ2v) is 8.10. The fourth-order valence-corrected chi connectivity index (χ4v) is 3.57. The van der Waals surface area contributed by atoms with Crippen LogP contribution < -0.4 is 15.0 Å². The summed E-state index contributed by atoms with van der Waals surface area (Å²) >= 11 is 0. The smallest absolute Gasteiger partial charge is 0.328 e. The van der Waals surface area contributed by atoms with Gasteiger partial charge in [-0.15, -0.1) is 0 Å². The van der Waals surface area contributed by atoms with Gasteiger partial charge in [0.1, 0.15) is 5.75 Å². The van der Waals surface area contributed by atoms with Crippen LogP contribution in [0.4, 0.5) is 17.7 Å². The molecule has 0 aliphatic carbocycles. The molecule has 5 rings (SSSR count). The largest absolute Gasteiger partial charge is 0.424 e. The minimum atomic E-state index is 0.238. The van der Waals surface area contributed by atoms with Crippen LogP contribution in [-0.4, -0.2) is 63.3 Å². The van der Waals surface area contributed by atoms with E-state index in [0.717, 1.165) is 37.4 Å². The number of aromatic amines is 1. The highest BCUT2D eigenvalue weighted by Gasteiger charge is 2.19. The van der Waals surface area contributed by atoms with Crippen LogP contribution in [0.3, 0.4) is 0 Å². The molecule has 2 aromatic heterocycles. The average Bonchev–Trinajstić information content (AvgIpc) is 3.29. The van der Waals surface area contributed by atoms with E-state index in [1.54, 1.807) is 0 Å². The molecule has 4 aromatic rings. The monoisotopic (exact) mass is 442 g/mol. The van der Waals surface area contributed by atoms with Crippen LogP contribution in [0.2, 0.25) is 0 Å². The number of H-pyrrole nitrogens is 1. The Hall–Kier alpha value is -3.98. The van der Waals surface area contributed by atoms with Gasteiger partial charge in [-0.25, -0.2) is 0 Å². The molecule has 9 nitrogen and oxygen atoms in total. The molecule has 0 atom stereocenters. The number of hydrogen-bond donors (Lipinski definition) is 2. The van der Waals surface area contributed by atoms with E-state index < -0.39 is 0 Å². The third kappa shape index (κ3) is 5.09. The molecule has 2 N–H and O–H groups in total. The number of rotatable bonds is 6. The number of anilines is 3. The van der Waals surface area contributed by atoms with Gasteiger partial charge in [-0.1, -0.05) is 48.0 Å². The summed E-state index contributed by atoms with van der Waals surface area (Å²) in [5, 5.41) is 10.6. The second kappa shape index (κ2) is 9.25. The first kappa shape index (κ1) is 20.9. The van der Waals surface area contributed by atoms with E-state index in [0.29, 0.717) is 23.5 Å². The minimum Gasteiger partial charge on any atom is -0.424 e. The van der Waals surface area contributed by atoms with Crippen LogP contribution >= 0.6 is 0 Å². The SMILES string of the molecule is Cc1ccc(-c2cc(Nc3nc(Oc4ccccc4)nc(N4CCN(C)CC4)n3)n[nH]2)cc1. The number of nitrogens with one attached hydrogen (secondary N) is 2. The first-order valence-corrected chi connectivity index (χ1v) is 10.9. The summed E-state index contributed by atoms with van der Waals surface area (Å²) < 4.78 is 5.93. The maximum absolute atomic E-state index is 5.93. The molecule has 2 aromatic carbocycles. The Bertz CT molecular complexity index is 1200. The van der Waals surface area contributed by atoms with Gasteiger partial charge in [-0.3, -0.25) is 5.10 Å². The summed E-state index contributed by atoms with van der Waals surface area (Å²) in [7, 11) is 2.12. The lowest BCUT2D eigenvalue weighted by Crippen LogP contribution is -2.45. The number of para-hydroxylation sites is 1. The Morgan fingerprint density at radius 2 is 1.67 bits per heavy atom. The summed E-state index contributed by atoms with van der Waals surface area (Å²) in [6.07, 6.45) is 0. The van der Waals surface area contributed by atoms with Gasteiger partial charge in [0.25, 0.3) is 0 Å². The van der Waals surface area contributed by atoms with Gasteiger partial charge in [0.2, 0.25) is 11.9 Å². The van der Waals surface area contributed by atoms with Crippen molar-refractivity contribution in [2.75, 3.05) is 43.4 Å². The first-order chi connectivity index (χ1) is 16.1.